The molecule has 1 aromatic carbocycles. The molecule has 0 bridgehead atoms. The molecule has 2 amide bonds. The molecule has 8 nitrogen and oxygen atoms in total. The smallest absolute Gasteiger partial charge is 0.335 e. The first-order chi connectivity index (χ1) is 9.15. The molecule has 0 radical (unpaired) electrons. The van der Waals surface area contributed by atoms with Gasteiger partial charge in [0.05, 0.1) is 5.56 Å². The van der Waals surface area contributed by atoms with E-state index in [-0.39, 0.29) is 12.1 Å². The first-order valence-electron chi connectivity index (χ1n) is 5.17. The van der Waals surface area contributed by atoms with Gasteiger partial charge in [0, 0.05) is 18.1 Å². The average Bonchev–Trinajstić information content (AvgIpc) is 2.89. The second-order valence-electron chi connectivity index (χ2n) is 3.48. The maximum absolute atomic E-state index is 11.5. The Morgan fingerprint density at radius 2 is 2.00 bits per heavy atom. The van der Waals surface area contributed by atoms with Crippen LogP contribution in [0.5, 0.6) is 0 Å². The fourth-order valence-corrected chi connectivity index (χ4v) is 1.63. The third kappa shape index (κ3) is 3.71. The lowest BCUT2D eigenvalue weighted by Crippen LogP contribution is -2.28. The molecule has 0 atom stereocenters. The highest BCUT2D eigenvalue weighted by Crippen LogP contribution is 2.06. The topological polar surface area (TPSA) is 117 Å². The molecule has 0 saturated carbocycles. The van der Waals surface area contributed by atoms with Crippen molar-refractivity contribution in [3.63, 3.8) is 0 Å². The van der Waals surface area contributed by atoms with Gasteiger partial charge in [-0.05, 0) is 22.9 Å². The van der Waals surface area contributed by atoms with E-state index in [1.165, 1.54) is 12.1 Å². The first-order valence-corrected chi connectivity index (χ1v) is 5.94. The number of urea groups is 1. The molecule has 0 unspecified atom stereocenters. The van der Waals surface area contributed by atoms with Crippen LogP contribution in [0.25, 0.3) is 0 Å². The zero-order valence-electron chi connectivity index (χ0n) is 9.53. The van der Waals surface area contributed by atoms with Crippen LogP contribution in [0.1, 0.15) is 15.9 Å². The van der Waals surface area contributed by atoms with Crippen LogP contribution in [0.15, 0.2) is 24.3 Å². The second-order valence-corrected chi connectivity index (χ2v) is 4.21. The van der Waals surface area contributed by atoms with E-state index < -0.39 is 12.0 Å². The van der Waals surface area contributed by atoms with Gasteiger partial charge >= 0.3 is 12.0 Å². The lowest BCUT2D eigenvalue weighted by molar-refractivity contribution is 0.0697. The Hall–Kier alpha value is -2.55. The summed E-state index contributed by atoms with van der Waals surface area (Å²) in [6, 6.07) is 5.80. The van der Waals surface area contributed by atoms with Gasteiger partial charge in [0.15, 0.2) is 0 Å². The van der Waals surface area contributed by atoms with Crippen molar-refractivity contribution in [3.05, 3.63) is 35.4 Å². The number of anilines is 1. The minimum atomic E-state index is -0.985. The standard InChI is InChI=1S/C10H9N5O3S/c16-8(17)7-3-1-6(2-4-7)5-11-9(18)12-10-13-14-15-19-10/h1-4H,5H2,(H,16,17)(H2,11,12,13,15,18). The van der Waals surface area contributed by atoms with Gasteiger partial charge in [0.2, 0.25) is 5.13 Å². The highest BCUT2D eigenvalue weighted by atomic mass is 32.1. The zero-order chi connectivity index (χ0) is 13.7. The van der Waals surface area contributed by atoms with E-state index >= 15 is 0 Å². The zero-order valence-corrected chi connectivity index (χ0v) is 10.3. The highest BCUT2D eigenvalue weighted by Gasteiger charge is 2.05. The molecule has 98 valence electrons. The second kappa shape index (κ2) is 5.87. The summed E-state index contributed by atoms with van der Waals surface area (Å²) in [7, 11) is 0. The van der Waals surface area contributed by atoms with Crippen molar-refractivity contribution >= 4 is 28.7 Å². The number of carbonyl (C=O) groups excluding carboxylic acids is 1. The maximum Gasteiger partial charge on any atom is 0.335 e. The van der Waals surface area contributed by atoms with E-state index in [1.54, 1.807) is 12.1 Å². The molecule has 3 N–H and O–H groups in total. The van der Waals surface area contributed by atoms with Crippen molar-refractivity contribution in [2.45, 2.75) is 6.54 Å². The minimum Gasteiger partial charge on any atom is -0.478 e. The van der Waals surface area contributed by atoms with Gasteiger partial charge < -0.3 is 10.4 Å². The third-order valence-corrected chi connectivity index (χ3v) is 2.69. The summed E-state index contributed by atoms with van der Waals surface area (Å²) in [5.74, 6) is -0.985. The summed E-state index contributed by atoms with van der Waals surface area (Å²) < 4.78 is 3.50. The molecule has 9 heteroatoms. The monoisotopic (exact) mass is 279 g/mol. The fourth-order valence-electron chi connectivity index (χ4n) is 1.27. The number of amides is 2. The Morgan fingerprint density at radius 3 is 2.58 bits per heavy atom. The van der Waals surface area contributed by atoms with Crippen LogP contribution in [-0.4, -0.2) is 31.9 Å². The average molecular weight is 279 g/mol. The van der Waals surface area contributed by atoms with E-state index in [0.29, 0.717) is 5.13 Å². The van der Waals surface area contributed by atoms with Crippen LogP contribution in [0.2, 0.25) is 0 Å². The normalized spacial score (nSPS) is 9.89. The minimum absolute atomic E-state index is 0.202. The van der Waals surface area contributed by atoms with E-state index in [0.717, 1.165) is 17.1 Å². The number of rotatable bonds is 4. The van der Waals surface area contributed by atoms with Gasteiger partial charge in [-0.25, -0.2) is 9.59 Å². The quantitative estimate of drug-likeness (QED) is 0.767. The number of hydrogen-bond acceptors (Lipinski definition) is 6. The van der Waals surface area contributed by atoms with Gasteiger partial charge in [-0.2, -0.15) is 0 Å². The number of carboxylic acid groups (broad SMARTS) is 1. The van der Waals surface area contributed by atoms with E-state index in [1.807, 2.05) is 0 Å². The predicted octanol–water partition coefficient (Wildman–Crippen LogP) is 0.953. The molecule has 2 aromatic rings. The number of aromatic nitrogens is 3. The van der Waals surface area contributed by atoms with Crippen LogP contribution in [0.3, 0.4) is 0 Å². The first kappa shape index (κ1) is 12.9. The van der Waals surface area contributed by atoms with Gasteiger partial charge in [0.25, 0.3) is 0 Å². The van der Waals surface area contributed by atoms with Crippen LogP contribution in [-0.2, 0) is 6.54 Å². The highest BCUT2D eigenvalue weighted by molar-refractivity contribution is 7.09. The largest absolute Gasteiger partial charge is 0.478 e. The molecule has 0 aliphatic heterocycles. The summed E-state index contributed by atoms with van der Waals surface area (Å²) >= 11 is 0.969. The number of hydrogen-bond donors (Lipinski definition) is 3. The van der Waals surface area contributed by atoms with E-state index in [9.17, 15) is 9.59 Å². The van der Waals surface area contributed by atoms with Crippen LogP contribution in [0, 0.1) is 0 Å². The van der Waals surface area contributed by atoms with Gasteiger partial charge in [-0.3, -0.25) is 5.32 Å². The van der Waals surface area contributed by atoms with Gasteiger partial charge in [-0.15, -0.1) is 0 Å². The molecule has 0 spiro atoms. The summed E-state index contributed by atoms with van der Waals surface area (Å²) in [6.45, 7) is 0.276. The van der Waals surface area contributed by atoms with Crippen molar-refractivity contribution < 1.29 is 14.7 Å². The summed E-state index contributed by atoms with van der Waals surface area (Å²) in [6.07, 6.45) is 0. The van der Waals surface area contributed by atoms with Crippen molar-refractivity contribution in [2.24, 2.45) is 0 Å². The van der Waals surface area contributed by atoms with Crippen molar-refractivity contribution in [3.8, 4) is 0 Å². The van der Waals surface area contributed by atoms with Crippen molar-refractivity contribution in [1.29, 1.82) is 0 Å². The van der Waals surface area contributed by atoms with E-state index in [2.05, 4.69) is 25.4 Å². The predicted molar refractivity (Wildman–Crippen MR) is 67.0 cm³/mol. The molecule has 1 heterocycles. The number of nitrogens with zero attached hydrogens (tertiary/aromatic N) is 3. The van der Waals surface area contributed by atoms with Gasteiger partial charge in [-0.1, -0.05) is 21.7 Å². The molecular formula is C10H9N5O3S. The molecule has 0 saturated heterocycles. The molecule has 2 rings (SSSR count). The molecule has 0 aliphatic carbocycles. The van der Waals surface area contributed by atoms with Crippen LogP contribution in [0.4, 0.5) is 9.93 Å². The summed E-state index contributed by atoms with van der Waals surface area (Å²) in [5.41, 5.74) is 0.990. The number of carboxylic acids is 1. The Labute approximate surface area is 111 Å². The Kier molecular flexibility index (Phi) is 3.98. The molecule has 1 aromatic heterocycles. The number of aromatic carboxylic acids is 1. The Morgan fingerprint density at radius 1 is 1.26 bits per heavy atom. The fraction of sp³-hybridized carbons (Fsp3) is 0.100. The SMILES string of the molecule is O=C(NCc1ccc(C(=O)O)cc1)Nc1nnns1. The maximum atomic E-state index is 11.5. The molecule has 19 heavy (non-hydrogen) atoms. The molecule has 0 fully saturated rings. The van der Waals surface area contributed by atoms with Crippen LogP contribution < -0.4 is 10.6 Å². The molecule has 0 aliphatic rings. The van der Waals surface area contributed by atoms with E-state index in [4.69, 9.17) is 5.11 Å². The number of carbonyl (C=O) groups is 2. The van der Waals surface area contributed by atoms with Crippen molar-refractivity contribution in [2.75, 3.05) is 5.32 Å². The Balaban J connectivity index is 1.84. The summed E-state index contributed by atoms with van der Waals surface area (Å²) in [4.78, 5) is 22.1. The van der Waals surface area contributed by atoms with Crippen molar-refractivity contribution in [1.82, 2.24) is 20.1 Å². The third-order valence-electron chi connectivity index (χ3n) is 2.17. The molecular weight excluding hydrogens is 270 g/mol. The number of benzene rings is 1. The number of nitrogens with one attached hydrogen (secondary N) is 2. The Bertz CT molecular complexity index is 569. The van der Waals surface area contributed by atoms with Gasteiger partial charge in [0.1, 0.15) is 0 Å². The lowest BCUT2D eigenvalue weighted by atomic mass is 10.1. The summed E-state index contributed by atoms with van der Waals surface area (Å²) in [5, 5.41) is 21.0. The lowest BCUT2D eigenvalue weighted by Gasteiger charge is -2.05. The van der Waals surface area contributed by atoms with Crippen LogP contribution >= 0.6 is 11.5 Å².